The Hall–Kier alpha value is -1.51. The smallest absolute Gasteiger partial charge is 0.226 e. The maximum Gasteiger partial charge on any atom is 0.226 e. The van der Waals surface area contributed by atoms with Gasteiger partial charge in [-0.25, -0.2) is 0 Å². The molecular formula is C16H24N2O. The van der Waals surface area contributed by atoms with E-state index in [-0.39, 0.29) is 23.3 Å². The molecule has 1 aliphatic rings. The molecule has 1 atom stereocenters. The highest BCUT2D eigenvalue weighted by atomic mass is 16.2. The second-order valence-electron chi connectivity index (χ2n) is 6.55. The fraction of sp³-hybridized carbons (Fsp3) is 0.562. The largest absolute Gasteiger partial charge is 0.399 e. The highest BCUT2D eigenvalue weighted by Gasteiger charge is 2.52. The number of amides is 1. The van der Waals surface area contributed by atoms with Gasteiger partial charge in [-0.3, -0.25) is 4.79 Å². The zero-order valence-corrected chi connectivity index (χ0v) is 12.3. The van der Waals surface area contributed by atoms with Gasteiger partial charge in [-0.2, -0.15) is 0 Å². The van der Waals surface area contributed by atoms with Crippen molar-refractivity contribution in [3.63, 3.8) is 0 Å². The lowest BCUT2D eigenvalue weighted by Crippen LogP contribution is -2.38. The number of hydrogen-bond donors (Lipinski definition) is 1. The molecule has 0 bridgehead atoms. The second kappa shape index (κ2) is 4.87. The van der Waals surface area contributed by atoms with Crippen LogP contribution in [0, 0.1) is 11.3 Å². The van der Waals surface area contributed by atoms with E-state index >= 15 is 0 Å². The van der Waals surface area contributed by atoms with Crippen molar-refractivity contribution in [2.75, 3.05) is 5.73 Å². The Bertz CT molecular complexity index is 479. The molecule has 1 aliphatic carbocycles. The van der Waals surface area contributed by atoms with E-state index < -0.39 is 0 Å². The third kappa shape index (κ3) is 3.09. The Morgan fingerprint density at radius 3 is 2.58 bits per heavy atom. The van der Waals surface area contributed by atoms with Crippen LogP contribution in [-0.2, 0) is 11.3 Å². The van der Waals surface area contributed by atoms with Gasteiger partial charge in [0.25, 0.3) is 0 Å². The topological polar surface area (TPSA) is 46.3 Å². The summed E-state index contributed by atoms with van der Waals surface area (Å²) in [5.74, 6) is 0.471. The Morgan fingerprint density at radius 1 is 1.47 bits per heavy atom. The summed E-state index contributed by atoms with van der Waals surface area (Å²) >= 11 is 0. The average molecular weight is 260 g/mol. The number of nitrogens with zero attached hydrogens (tertiary/aromatic N) is 1. The molecule has 2 N–H and O–H groups in total. The van der Waals surface area contributed by atoms with E-state index in [1.807, 2.05) is 29.2 Å². The predicted molar refractivity (Wildman–Crippen MR) is 78.4 cm³/mol. The number of nitrogen functional groups attached to an aromatic ring is 1. The van der Waals surface area contributed by atoms with Gasteiger partial charge in [-0.15, -0.1) is 0 Å². The van der Waals surface area contributed by atoms with E-state index in [0.29, 0.717) is 6.54 Å². The molecule has 19 heavy (non-hydrogen) atoms. The number of nitrogens with two attached hydrogens (primary N) is 1. The lowest BCUT2D eigenvalue weighted by Gasteiger charge is -2.28. The van der Waals surface area contributed by atoms with Gasteiger partial charge in [0.1, 0.15) is 0 Å². The van der Waals surface area contributed by atoms with Crippen LogP contribution < -0.4 is 5.73 Å². The third-order valence-corrected chi connectivity index (χ3v) is 4.02. The molecule has 2 rings (SSSR count). The van der Waals surface area contributed by atoms with Crippen molar-refractivity contribution in [1.82, 2.24) is 4.90 Å². The zero-order chi connectivity index (χ0) is 14.2. The lowest BCUT2D eigenvalue weighted by molar-refractivity contribution is -0.135. The molecule has 0 heterocycles. The molecule has 0 spiro atoms. The van der Waals surface area contributed by atoms with Gasteiger partial charge in [0.15, 0.2) is 0 Å². The molecule has 1 aromatic rings. The maximum atomic E-state index is 12.5. The van der Waals surface area contributed by atoms with Gasteiger partial charge in [0.05, 0.1) is 0 Å². The number of carbonyl (C=O) groups is 1. The molecule has 0 radical (unpaired) electrons. The molecular weight excluding hydrogens is 236 g/mol. The summed E-state index contributed by atoms with van der Waals surface area (Å²) in [5.41, 5.74) is 7.83. The summed E-state index contributed by atoms with van der Waals surface area (Å²) in [5, 5.41) is 0. The number of anilines is 1. The van der Waals surface area contributed by atoms with Crippen LogP contribution >= 0.6 is 0 Å². The van der Waals surface area contributed by atoms with Crippen molar-refractivity contribution in [3.05, 3.63) is 29.8 Å². The number of hydrogen-bond acceptors (Lipinski definition) is 2. The van der Waals surface area contributed by atoms with Crippen LogP contribution in [-0.4, -0.2) is 16.8 Å². The normalized spacial score (nSPS) is 20.4. The van der Waals surface area contributed by atoms with E-state index in [4.69, 9.17) is 5.73 Å². The maximum absolute atomic E-state index is 12.5. The van der Waals surface area contributed by atoms with E-state index in [0.717, 1.165) is 17.7 Å². The van der Waals surface area contributed by atoms with Gasteiger partial charge in [0.2, 0.25) is 5.91 Å². The number of carbonyl (C=O) groups excluding carboxylic acids is 1. The van der Waals surface area contributed by atoms with Crippen molar-refractivity contribution in [2.24, 2.45) is 11.3 Å². The van der Waals surface area contributed by atoms with Gasteiger partial charge < -0.3 is 10.6 Å². The first-order valence-electron chi connectivity index (χ1n) is 6.96. The molecule has 1 amide bonds. The fourth-order valence-electron chi connectivity index (χ4n) is 2.49. The summed E-state index contributed by atoms with van der Waals surface area (Å²) in [7, 11) is 0. The average Bonchev–Trinajstić information content (AvgIpc) is 2.94. The van der Waals surface area contributed by atoms with Crippen LogP contribution in [0.4, 0.5) is 5.69 Å². The van der Waals surface area contributed by atoms with Crippen LogP contribution in [0.2, 0.25) is 0 Å². The van der Waals surface area contributed by atoms with Gasteiger partial charge in [-0.1, -0.05) is 26.0 Å². The van der Waals surface area contributed by atoms with Crippen molar-refractivity contribution in [2.45, 2.75) is 46.7 Å². The molecule has 0 aromatic heterocycles. The summed E-state index contributed by atoms with van der Waals surface area (Å²) < 4.78 is 0. The monoisotopic (exact) mass is 260 g/mol. The lowest BCUT2D eigenvalue weighted by atomic mass is 10.1. The molecule has 1 saturated carbocycles. The van der Waals surface area contributed by atoms with Crippen molar-refractivity contribution < 1.29 is 4.79 Å². The first-order chi connectivity index (χ1) is 8.81. The Labute approximate surface area is 115 Å². The Kier molecular flexibility index (Phi) is 3.57. The standard InChI is InChI=1S/C16H24N2O/c1-11(2)18(15(19)14-9-16(14,3)4)10-12-6-5-7-13(17)8-12/h5-8,11,14H,9-10,17H2,1-4H3. The fourth-order valence-corrected chi connectivity index (χ4v) is 2.49. The molecule has 1 fully saturated rings. The van der Waals surface area contributed by atoms with Crippen LogP contribution in [0.1, 0.15) is 39.7 Å². The Morgan fingerprint density at radius 2 is 2.11 bits per heavy atom. The summed E-state index contributed by atoms with van der Waals surface area (Å²) in [4.78, 5) is 14.5. The van der Waals surface area contributed by atoms with Crippen molar-refractivity contribution in [1.29, 1.82) is 0 Å². The van der Waals surface area contributed by atoms with Crippen LogP contribution in [0.25, 0.3) is 0 Å². The summed E-state index contributed by atoms with van der Waals surface area (Å²) in [6.45, 7) is 9.11. The Balaban J connectivity index is 2.11. The minimum atomic E-state index is 0.180. The van der Waals surface area contributed by atoms with Crippen LogP contribution in [0.15, 0.2) is 24.3 Å². The number of rotatable bonds is 4. The summed E-state index contributed by atoms with van der Waals surface area (Å²) in [6, 6.07) is 7.99. The summed E-state index contributed by atoms with van der Waals surface area (Å²) in [6.07, 6.45) is 1.01. The molecule has 0 saturated heterocycles. The van der Waals surface area contributed by atoms with Crippen LogP contribution in [0.5, 0.6) is 0 Å². The van der Waals surface area contributed by atoms with Gasteiger partial charge >= 0.3 is 0 Å². The highest BCUT2D eigenvalue weighted by molar-refractivity contribution is 5.82. The highest BCUT2D eigenvalue weighted by Crippen LogP contribution is 2.52. The number of benzene rings is 1. The van der Waals surface area contributed by atoms with E-state index in [1.54, 1.807) is 0 Å². The van der Waals surface area contributed by atoms with E-state index in [2.05, 4.69) is 27.7 Å². The third-order valence-electron chi connectivity index (χ3n) is 4.02. The van der Waals surface area contributed by atoms with E-state index in [1.165, 1.54) is 0 Å². The zero-order valence-electron chi connectivity index (χ0n) is 12.3. The van der Waals surface area contributed by atoms with E-state index in [9.17, 15) is 4.79 Å². The second-order valence-corrected chi connectivity index (χ2v) is 6.55. The molecule has 1 aromatic carbocycles. The molecule has 1 unspecified atom stereocenters. The molecule has 3 heteroatoms. The molecule has 0 aliphatic heterocycles. The predicted octanol–water partition coefficient (Wildman–Crippen LogP) is 3.05. The minimum Gasteiger partial charge on any atom is -0.399 e. The van der Waals surface area contributed by atoms with Crippen molar-refractivity contribution in [3.8, 4) is 0 Å². The minimum absolute atomic E-state index is 0.180. The first-order valence-corrected chi connectivity index (χ1v) is 6.96. The van der Waals surface area contributed by atoms with Gasteiger partial charge in [0, 0.05) is 24.2 Å². The van der Waals surface area contributed by atoms with Gasteiger partial charge in [-0.05, 0) is 43.4 Å². The molecule has 3 nitrogen and oxygen atoms in total. The van der Waals surface area contributed by atoms with Crippen molar-refractivity contribution >= 4 is 11.6 Å². The quantitative estimate of drug-likeness (QED) is 0.846. The SMILES string of the molecule is CC(C)N(Cc1cccc(N)c1)C(=O)C1CC1(C)C. The van der Waals surface area contributed by atoms with Crippen LogP contribution in [0.3, 0.4) is 0 Å². The first kappa shape index (κ1) is 13.9. The molecule has 104 valence electrons.